The summed E-state index contributed by atoms with van der Waals surface area (Å²) >= 11 is 0. The summed E-state index contributed by atoms with van der Waals surface area (Å²) in [5.41, 5.74) is 5.01. The van der Waals surface area contributed by atoms with Gasteiger partial charge in [0.1, 0.15) is 17.4 Å². The molecule has 2 heterocycles. The van der Waals surface area contributed by atoms with E-state index in [0.717, 1.165) is 19.2 Å². The van der Waals surface area contributed by atoms with Crippen molar-refractivity contribution >= 4 is 34.5 Å². The number of fused-ring (bicyclic) bond motifs is 1. The van der Waals surface area contributed by atoms with Crippen molar-refractivity contribution < 1.29 is 39.6 Å². The number of hydrogen-bond donors (Lipinski definition) is 5. The molecule has 0 radical (unpaired) electrons. The van der Waals surface area contributed by atoms with Crippen LogP contribution in [0, 0.1) is 5.82 Å². The molecular formula is C21H29FN4O8. The zero-order chi connectivity index (χ0) is 24.7. The van der Waals surface area contributed by atoms with E-state index in [2.05, 4.69) is 5.32 Å². The number of aliphatic carboxylic acids is 2. The van der Waals surface area contributed by atoms with E-state index in [1.54, 1.807) is 10.6 Å². The summed E-state index contributed by atoms with van der Waals surface area (Å²) in [5.74, 6) is -4.00. The van der Waals surface area contributed by atoms with Gasteiger partial charge in [-0.1, -0.05) is 0 Å². The highest BCUT2D eigenvalue weighted by Crippen LogP contribution is 2.25. The predicted molar refractivity (Wildman–Crippen MR) is 122 cm³/mol. The number of aryl methyl sites for hydroxylation is 1. The van der Waals surface area contributed by atoms with Gasteiger partial charge in [0.15, 0.2) is 0 Å². The zero-order valence-corrected chi connectivity index (χ0v) is 18.6. The Morgan fingerprint density at radius 2 is 1.79 bits per heavy atom. The standard InChI is InChI=1S/C16H18FN3O3.C5H9NO4.H2O/c1-2-19-9-11(16(22)23)15(21)10-7-12(17)14(8-13(10)19)20-5-3-18-4-6-20;6-3(5(9)10)1-2-4(7)8;/h7-9,18H,2-6H2,1H3,(H,22,23);3H,1-2,6H2,(H,7,8)(H,9,10);1H2. The number of benzene rings is 1. The number of piperazine rings is 1. The zero-order valence-electron chi connectivity index (χ0n) is 18.6. The Hall–Kier alpha value is -3.55. The molecule has 1 aromatic heterocycles. The highest BCUT2D eigenvalue weighted by Gasteiger charge is 2.20. The second-order valence-corrected chi connectivity index (χ2v) is 7.40. The van der Waals surface area contributed by atoms with Gasteiger partial charge in [0, 0.05) is 50.7 Å². The molecule has 12 nitrogen and oxygen atoms in total. The largest absolute Gasteiger partial charge is 0.481 e. The predicted octanol–water partition coefficient (Wildman–Crippen LogP) is -0.293. The van der Waals surface area contributed by atoms with E-state index in [4.69, 9.17) is 21.1 Å². The number of carbonyl (C=O) groups is 3. The van der Waals surface area contributed by atoms with Crippen LogP contribution >= 0.6 is 0 Å². The lowest BCUT2D eigenvalue weighted by Gasteiger charge is -2.30. The van der Waals surface area contributed by atoms with Crippen molar-refractivity contribution in [3.8, 4) is 0 Å². The lowest BCUT2D eigenvalue weighted by atomic mass is 10.1. The number of halogens is 1. The molecule has 1 fully saturated rings. The molecular weight excluding hydrogens is 455 g/mol. The van der Waals surface area contributed by atoms with Gasteiger partial charge < -0.3 is 41.3 Å². The Labute approximate surface area is 193 Å². The van der Waals surface area contributed by atoms with Crippen LogP contribution in [0.2, 0.25) is 0 Å². The van der Waals surface area contributed by atoms with Crippen molar-refractivity contribution in [2.75, 3.05) is 31.1 Å². The molecule has 8 N–H and O–H groups in total. The number of pyridine rings is 1. The number of aromatic carboxylic acids is 1. The van der Waals surface area contributed by atoms with E-state index in [1.807, 2.05) is 11.8 Å². The van der Waals surface area contributed by atoms with Gasteiger partial charge in [-0.3, -0.25) is 14.4 Å². The normalized spacial score (nSPS) is 13.9. The van der Waals surface area contributed by atoms with E-state index in [1.165, 1.54) is 6.20 Å². The van der Waals surface area contributed by atoms with E-state index in [9.17, 15) is 23.6 Å². The van der Waals surface area contributed by atoms with Gasteiger partial charge in [-0.05, 0) is 25.5 Å². The first-order valence-corrected chi connectivity index (χ1v) is 10.3. The maximum absolute atomic E-state index is 14.5. The molecule has 1 saturated heterocycles. The van der Waals surface area contributed by atoms with Crippen LogP contribution in [0.15, 0.2) is 23.1 Å². The van der Waals surface area contributed by atoms with E-state index >= 15 is 0 Å². The van der Waals surface area contributed by atoms with Crippen LogP contribution < -0.4 is 21.4 Å². The summed E-state index contributed by atoms with van der Waals surface area (Å²) in [7, 11) is 0. The van der Waals surface area contributed by atoms with E-state index < -0.39 is 35.2 Å². The molecule has 0 aliphatic carbocycles. The van der Waals surface area contributed by atoms with Crippen LogP contribution in [-0.4, -0.2) is 75.5 Å². The quantitative estimate of drug-likeness (QED) is 0.347. The third-order valence-electron chi connectivity index (χ3n) is 5.16. The van der Waals surface area contributed by atoms with Crippen molar-refractivity contribution in [1.82, 2.24) is 9.88 Å². The number of anilines is 1. The number of nitrogens with two attached hydrogens (primary N) is 1. The summed E-state index contributed by atoms with van der Waals surface area (Å²) in [5, 5.41) is 28.7. The topological polar surface area (TPSA) is 207 Å². The van der Waals surface area contributed by atoms with Crippen LogP contribution in [0.4, 0.5) is 10.1 Å². The lowest BCUT2D eigenvalue weighted by molar-refractivity contribution is -0.139. The second-order valence-electron chi connectivity index (χ2n) is 7.40. The first-order valence-electron chi connectivity index (χ1n) is 10.3. The second kappa shape index (κ2) is 12.6. The summed E-state index contributed by atoms with van der Waals surface area (Å²) in [4.78, 5) is 45.3. The number of nitrogens with one attached hydrogen (secondary N) is 1. The summed E-state index contributed by atoms with van der Waals surface area (Å²) in [6, 6.07) is 1.75. The van der Waals surface area contributed by atoms with Crippen LogP contribution in [0.1, 0.15) is 30.1 Å². The van der Waals surface area contributed by atoms with Crippen molar-refractivity contribution in [3.63, 3.8) is 0 Å². The molecule has 2 aromatic rings. The molecule has 34 heavy (non-hydrogen) atoms. The van der Waals surface area contributed by atoms with Crippen molar-refractivity contribution in [2.45, 2.75) is 32.4 Å². The summed E-state index contributed by atoms with van der Waals surface area (Å²) < 4.78 is 16.2. The fraction of sp³-hybridized carbons (Fsp3) is 0.429. The molecule has 0 saturated carbocycles. The van der Waals surface area contributed by atoms with Gasteiger partial charge in [0.05, 0.1) is 11.2 Å². The summed E-state index contributed by atoms with van der Waals surface area (Å²) in [6.07, 6.45) is 1.10. The average molecular weight is 484 g/mol. The van der Waals surface area contributed by atoms with Gasteiger partial charge in [-0.2, -0.15) is 0 Å². The molecule has 0 amide bonds. The number of hydrogen-bond acceptors (Lipinski definition) is 7. The molecule has 1 aliphatic rings. The summed E-state index contributed by atoms with van der Waals surface area (Å²) in [6.45, 7) is 5.26. The van der Waals surface area contributed by atoms with Gasteiger partial charge in [-0.15, -0.1) is 0 Å². The minimum Gasteiger partial charge on any atom is -0.481 e. The molecule has 1 unspecified atom stereocenters. The van der Waals surface area contributed by atoms with Gasteiger partial charge in [0.25, 0.3) is 0 Å². The van der Waals surface area contributed by atoms with Crippen LogP contribution in [-0.2, 0) is 16.1 Å². The van der Waals surface area contributed by atoms with E-state index in [-0.39, 0.29) is 29.3 Å². The van der Waals surface area contributed by atoms with Gasteiger partial charge in [0.2, 0.25) is 5.43 Å². The number of rotatable bonds is 7. The van der Waals surface area contributed by atoms with Gasteiger partial charge in [-0.25, -0.2) is 9.18 Å². The average Bonchev–Trinajstić information content (AvgIpc) is 2.78. The van der Waals surface area contributed by atoms with Crippen LogP contribution in [0.5, 0.6) is 0 Å². The van der Waals surface area contributed by atoms with Crippen molar-refractivity contribution in [1.29, 1.82) is 0 Å². The maximum Gasteiger partial charge on any atom is 0.341 e. The molecule has 3 rings (SSSR count). The van der Waals surface area contributed by atoms with Crippen LogP contribution in [0.3, 0.4) is 0 Å². The van der Waals surface area contributed by atoms with E-state index in [0.29, 0.717) is 30.8 Å². The Kier molecular flexibility index (Phi) is 10.6. The van der Waals surface area contributed by atoms with Gasteiger partial charge >= 0.3 is 17.9 Å². The molecule has 188 valence electrons. The highest BCUT2D eigenvalue weighted by molar-refractivity contribution is 5.93. The lowest BCUT2D eigenvalue weighted by Crippen LogP contribution is -2.43. The number of carboxylic acids is 3. The maximum atomic E-state index is 14.5. The van der Waals surface area contributed by atoms with Crippen molar-refractivity contribution in [3.05, 3.63) is 39.9 Å². The van der Waals surface area contributed by atoms with Crippen molar-refractivity contribution in [2.24, 2.45) is 5.73 Å². The Morgan fingerprint density at radius 3 is 2.29 bits per heavy atom. The minimum absolute atomic E-state index is 0. The molecule has 0 bridgehead atoms. The Morgan fingerprint density at radius 1 is 1.18 bits per heavy atom. The molecule has 0 spiro atoms. The smallest absolute Gasteiger partial charge is 0.341 e. The minimum atomic E-state index is -1.30. The number of nitrogens with zero attached hydrogens (tertiary/aromatic N) is 2. The fourth-order valence-electron chi connectivity index (χ4n) is 3.36. The highest BCUT2D eigenvalue weighted by atomic mass is 19.1. The Balaban J connectivity index is 0.000000450. The molecule has 1 aliphatic heterocycles. The number of carboxylic acid groups (broad SMARTS) is 3. The molecule has 1 aromatic carbocycles. The fourth-order valence-corrected chi connectivity index (χ4v) is 3.36. The first kappa shape index (κ1) is 28.5. The monoisotopic (exact) mass is 484 g/mol. The SMILES string of the molecule is CCn1cc(C(=O)O)c(=O)c2cc(F)c(N3CCNCC3)cc21.NC(CCC(=O)O)C(=O)O.O. The third kappa shape index (κ3) is 6.97. The Bertz CT molecular complexity index is 1100. The van der Waals surface area contributed by atoms with Crippen LogP contribution in [0.25, 0.3) is 10.9 Å². The molecule has 1 atom stereocenters. The first-order chi connectivity index (χ1) is 15.6. The third-order valence-corrected chi connectivity index (χ3v) is 5.16. The number of aromatic nitrogens is 1. The molecule has 13 heteroatoms.